The lowest BCUT2D eigenvalue weighted by atomic mass is 10.1. The number of nitrogens with zero attached hydrogens (tertiary/aromatic N) is 1. The lowest BCUT2D eigenvalue weighted by Gasteiger charge is -2.31. The summed E-state index contributed by atoms with van der Waals surface area (Å²) in [5.41, 5.74) is 0.755. The zero-order valence-corrected chi connectivity index (χ0v) is 19.2. The number of ether oxygens (including phenoxy) is 1. The van der Waals surface area contributed by atoms with Crippen LogP contribution in [0, 0.1) is 5.82 Å². The fourth-order valence-corrected chi connectivity index (χ4v) is 4.10. The zero-order valence-electron chi connectivity index (χ0n) is 17.7. The average molecular weight is 491 g/mol. The Morgan fingerprint density at radius 2 is 1.77 bits per heavy atom. The summed E-state index contributed by atoms with van der Waals surface area (Å²) in [6.45, 7) is 1.91. The zero-order chi connectivity index (χ0) is 22.2. The Bertz CT molecular complexity index is 867. The summed E-state index contributed by atoms with van der Waals surface area (Å²) in [7, 11) is 0. The molecule has 1 fully saturated rings. The van der Waals surface area contributed by atoms with Crippen LogP contribution in [0.2, 0.25) is 0 Å². The predicted octanol–water partition coefficient (Wildman–Crippen LogP) is 4.83. The highest BCUT2D eigenvalue weighted by atomic mass is 79.9. The molecule has 166 valence electrons. The minimum atomic E-state index is -0.619. The second-order valence-corrected chi connectivity index (χ2v) is 8.72. The molecular formula is C24H28BrFN2O3. The number of rotatable bonds is 9. The van der Waals surface area contributed by atoms with Crippen LogP contribution in [0.15, 0.2) is 53.0 Å². The van der Waals surface area contributed by atoms with E-state index >= 15 is 0 Å². The van der Waals surface area contributed by atoms with E-state index in [2.05, 4.69) is 21.2 Å². The van der Waals surface area contributed by atoms with E-state index in [1.165, 1.54) is 17.0 Å². The van der Waals surface area contributed by atoms with Gasteiger partial charge in [-0.05, 0) is 61.2 Å². The molecule has 0 unspecified atom stereocenters. The van der Waals surface area contributed by atoms with E-state index in [0.29, 0.717) is 12.2 Å². The summed E-state index contributed by atoms with van der Waals surface area (Å²) < 4.78 is 19.9. The lowest BCUT2D eigenvalue weighted by molar-refractivity contribution is -0.143. The molecule has 0 saturated heterocycles. The molecule has 0 radical (unpaired) electrons. The third-order valence-corrected chi connectivity index (χ3v) is 6.06. The van der Waals surface area contributed by atoms with Crippen LogP contribution < -0.4 is 10.1 Å². The van der Waals surface area contributed by atoms with Gasteiger partial charge < -0.3 is 15.0 Å². The van der Waals surface area contributed by atoms with Crippen molar-refractivity contribution in [3.63, 3.8) is 0 Å². The molecule has 31 heavy (non-hydrogen) atoms. The SMILES string of the molecule is CC[C@H](C(=O)NC1CCCC1)N(Cc1ccc(F)cc1)C(=O)COc1ccc(Br)cc1. The van der Waals surface area contributed by atoms with E-state index in [4.69, 9.17) is 4.74 Å². The summed E-state index contributed by atoms with van der Waals surface area (Å²) >= 11 is 3.37. The van der Waals surface area contributed by atoms with Crippen molar-refractivity contribution in [3.05, 3.63) is 64.4 Å². The van der Waals surface area contributed by atoms with Gasteiger partial charge in [0.05, 0.1) is 0 Å². The Kier molecular flexibility index (Phi) is 8.46. The highest BCUT2D eigenvalue weighted by Crippen LogP contribution is 2.20. The van der Waals surface area contributed by atoms with Gasteiger partial charge in [-0.15, -0.1) is 0 Å². The molecular weight excluding hydrogens is 463 g/mol. The molecule has 1 atom stereocenters. The Balaban J connectivity index is 1.74. The van der Waals surface area contributed by atoms with Gasteiger partial charge in [-0.3, -0.25) is 9.59 Å². The van der Waals surface area contributed by atoms with Crippen molar-refractivity contribution < 1.29 is 18.7 Å². The molecule has 0 bridgehead atoms. The van der Waals surface area contributed by atoms with Crippen molar-refractivity contribution in [1.29, 1.82) is 0 Å². The second-order valence-electron chi connectivity index (χ2n) is 7.80. The third-order valence-electron chi connectivity index (χ3n) is 5.53. The van der Waals surface area contributed by atoms with Gasteiger partial charge in [-0.1, -0.05) is 47.8 Å². The minimum Gasteiger partial charge on any atom is -0.484 e. The lowest BCUT2D eigenvalue weighted by Crippen LogP contribution is -2.52. The Labute approximate surface area is 191 Å². The highest BCUT2D eigenvalue weighted by molar-refractivity contribution is 9.10. The summed E-state index contributed by atoms with van der Waals surface area (Å²) in [6.07, 6.45) is 4.65. The van der Waals surface area contributed by atoms with Gasteiger partial charge in [0.15, 0.2) is 6.61 Å². The predicted molar refractivity (Wildman–Crippen MR) is 121 cm³/mol. The summed E-state index contributed by atoms with van der Waals surface area (Å²) in [5, 5.41) is 3.10. The van der Waals surface area contributed by atoms with Crippen LogP contribution in [-0.2, 0) is 16.1 Å². The molecule has 0 aromatic heterocycles. The van der Waals surface area contributed by atoms with Crippen molar-refractivity contribution in [2.75, 3.05) is 6.61 Å². The molecule has 1 N–H and O–H groups in total. The third kappa shape index (κ3) is 6.79. The van der Waals surface area contributed by atoms with E-state index in [1.54, 1.807) is 24.3 Å². The number of hydrogen-bond donors (Lipinski definition) is 1. The van der Waals surface area contributed by atoms with Gasteiger partial charge in [0.25, 0.3) is 5.91 Å². The first-order chi connectivity index (χ1) is 15.0. The van der Waals surface area contributed by atoms with Crippen LogP contribution >= 0.6 is 15.9 Å². The first kappa shape index (κ1) is 23.3. The number of carbonyl (C=O) groups excluding carboxylic acids is 2. The van der Waals surface area contributed by atoms with E-state index in [0.717, 1.165) is 35.7 Å². The number of benzene rings is 2. The summed E-state index contributed by atoms with van der Waals surface area (Å²) in [4.78, 5) is 27.7. The number of hydrogen-bond acceptors (Lipinski definition) is 3. The van der Waals surface area contributed by atoms with Crippen LogP contribution in [0.1, 0.15) is 44.6 Å². The molecule has 3 rings (SSSR count). The number of nitrogens with one attached hydrogen (secondary N) is 1. The molecule has 1 aliphatic carbocycles. The normalized spacial score (nSPS) is 14.8. The highest BCUT2D eigenvalue weighted by Gasteiger charge is 2.30. The molecule has 0 spiro atoms. The molecule has 2 amide bonds. The molecule has 0 aliphatic heterocycles. The minimum absolute atomic E-state index is 0.145. The Morgan fingerprint density at radius 1 is 1.13 bits per heavy atom. The van der Waals surface area contributed by atoms with Crippen molar-refractivity contribution in [3.8, 4) is 5.75 Å². The maximum Gasteiger partial charge on any atom is 0.261 e. The van der Waals surface area contributed by atoms with Gasteiger partial charge in [-0.2, -0.15) is 0 Å². The maximum absolute atomic E-state index is 13.3. The molecule has 2 aromatic rings. The number of amides is 2. The molecule has 5 nitrogen and oxygen atoms in total. The smallest absolute Gasteiger partial charge is 0.261 e. The quantitative estimate of drug-likeness (QED) is 0.547. The van der Waals surface area contributed by atoms with Gasteiger partial charge in [0, 0.05) is 17.1 Å². The van der Waals surface area contributed by atoms with Crippen LogP contribution in [-0.4, -0.2) is 35.4 Å². The standard InChI is InChI=1S/C24H28BrFN2O3/c1-2-22(24(30)27-20-5-3-4-6-20)28(15-17-7-11-19(26)12-8-17)23(29)16-31-21-13-9-18(25)10-14-21/h7-14,20,22H,2-6,15-16H2,1H3,(H,27,30)/t22-/m1/s1. The Morgan fingerprint density at radius 3 is 2.39 bits per heavy atom. The fourth-order valence-electron chi connectivity index (χ4n) is 3.83. The van der Waals surface area contributed by atoms with Crippen molar-refractivity contribution in [2.24, 2.45) is 0 Å². The molecule has 2 aromatic carbocycles. The first-order valence-corrected chi connectivity index (χ1v) is 11.5. The maximum atomic E-state index is 13.3. The van der Waals surface area contributed by atoms with Gasteiger partial charge in [-0.25, -0.2) is 4.39 Å². The first-order valence-electron chi connectivity index (χ1n) is 10.7. The van der Waals surface area contributed by atoms with Crippen molar-refractivity contribution in [1.82, 2.24) is 10.2 Å². The van der Waals surface area contributed by atoms with Crippen LogP contribution in [0.3, 0.4) is 0 Å². The molecule has 0 heterocycles. The van der Waals surface area contributed by atoms with E-state index in [9.17, 15) is 14.0 Å². The van der Waals surface area contributed by atoms with Crippen LogP contribution in [0.4, 0.5) is 4.39 Å². The monoisotopic (exact) mass is 490 g/mol. The van der Waals surface area contributed by atoms with Crippen LogP contribution in [0.5, 0.6) is 5.75 Å². The van der Waals surface area contributed by atoms with E-state index in [-0.39, 0.29) is 36.8 Å². The van der Waals surface area contributed by atoms with Crippen molar-refractivity contribution >= 4 is 27.7 Å². The summed E-state index contributed by atoms with van der Waals surface area (Å²) in [5.74, 6) is -0.206. The van der Waals surface area contributed by atoms with Gasteiger partial charge in [0.1, 0.15) is 17.6 Å². The molecule has 1 saturated carbocycles. The largest absolute Gasteiger partial charge is 0.484 e. The van der Waals surface area contributed by atoms with Gasteiger partial charge >= 0.3 is 0 Å². The van der Waals surface area contributed by atoms with E-state index in [1.807, 2.05) is 19.1 Å². The molecule has 1 aliphatic rings. The number of halogens is 2. The Hall–Kier alpha value is -2.41. The van der Waals surface area contributed by atoms with Crippen molar-refractivity contribution in [2.45, 2.75) is 57.7 Å². The number of carbonyl (C=O) groups is 2. The van der Waals surface area contributed by atoms with E-state index < -0.39 is 6.04 Å². The van der Waals surface area contributed by atoms with Crippen LogP contribution in [0.25, 0.3) is 0 Å². The average Bonchev–Trinajstić information content (AvgIpc) is 3.27. The fraction of sp³-hybridized carbons (Fsp3) is 0.417. The second kappa shape index (κ2) is 11.3. The van der Waals surface area contributed by atoms with Gasteiger partial charge in [0.2, 0.25) is 5.91 Å². The summed E-state index contributed by atoms with van der Waals surface area (Å²) in [6, 6.07) is 12.7. The topological polar surface area (TPSA) is 58.6 Å². The molecule has 7 heteroatoms.